The second kappa shape index (κ2) is 4.65. The molecule has 70 valence electrons. The summed E-state index contributed by atoms with van der Waals surface area (Å²) in [5.74, 6) is -2.68. The van der Waals surface area contributed by atoms with Crippen molar-refractivity contribution in [2.24, 2.45) is 0 Å². The van der Waals surface area contributed by atoms with Gasteiger partial charge in [-0.25, -0.2) is 0 Å². The molecule has 4 N–H and O–H groups in total. The van der Waals surface area contributed by atoms with Crippen LogP contribution in [0, 0.1) is 0 Å². The minimum Gasteiger partial charge on any atom is -0.481 e. The van der Waals surface area contributed by atoms with Gasteiger partial charge in [0, 0.05) is 6.42 Å². The summed E-state index contributed by atoms with van der Waals surface area (Å²) >= 11 is 0. The van der Waals surface area contributed by atoms with E-state index in [-0.39, 0.29) is 6.42 Å². The molecule has 0 bridgehead atoms. The standard InChI is InChI=1S/C5H9NO6/c7-4(8)2-1-3(5(9)10)6(11)12/h3,11-12H,1-2H2,(H,7,8)(H,9,10)/t3-/m1/s1. The third kappa shape index (κ3) is 3.86. The van der Waals surface area contributed by atoms with Crippen molar-refractivity contribution >= 4 is 11.9 Å². The van der Waals surface area contributed by atoms with Crippen molar-refractivity contribution in [2.75, 3.05) is 0 Å². The molecule has 0 aromatic heterocycles. The second-order valence-electron chi connectivity index (χ2n) is 2.11. The lowest BCUT2D eigenvalue weighted by atomic mass is 10.2. The third-order valence-corrected chi connectivity index (χ3v) is 1.20. The zero-order valence-corrected chi connectivity index (χ0v) is 6.04. The molecular formula is C5H9NO6. The molecule has 0 heterocycles. The zero-order chi connectivity index (χ0) is 9.72. The summed E-state index contributed by atoms with van der Waals surface area (Å²) < 4.78 is 0. The molecule has 0 aliphatic heterocycles. The van der Waals surface area contributed by atoms with Gasteiger partial charge in [0.05, 0.1) is 0 Å². The molecule has 0 saturated carbocycles. The van der Waals surface area contributed by atoms with Gasteiger partial charge in [-0.2, -0.15) is 0 Å². The van der Waals surface area contributed by atoms with Crippen LogP contribution in [0.2, 0.25) is 0 Å². The molecule has 0 fully saturated rings. The fourth-order valence-corrected chi connectivity index (χ4v) is 0.598. The van der Waals surface area contributed by atoms with Crippen molar-refractivity contribution < 1.29 is 30.2 Å². The highest BCUT2D eigenvalue weighted by molar-refractivity contribution is 5.74. The number of carboxylic acids is 2. The second-order valence-corrected chi connectivity index (χ2v) is 2.11. The Kier molecular flexibility index (Phi) is 4.19. The van der Waals surface area contributed by atoms with Crippen LogP contribution in [0.15, 0.2) is 0 Å². The number of hydrogen-bond acceptors (Lipinski definition) is 5. The molecule has 0 radical (unpaired) electrons. The number of rotatable bonds is 5. The Labute approximate surface area is 67.4 Å². The molecule has 0 aromatic carbocycles. The smallest absolute Gasteiger partial charge is 0.325 e. The van der Waals surface area contributed by atoms with E-state index in [0.29, 0.717) is 0 Å². The molecule has 0 saturated heterocycles. The number of carboxylic acid groups (broad SMARTS) is 2. The molecule has 0 aliphatic carbocycles. The lowest BCUT2D eigenvalue weighted by Crippen LogP contribution is -2.36. The van der Waals surface area contributed by atoms with Crippen LogP contribution in [-0.4, -0.2) is 43.8 Å². The Hall–Kier alpha value is -1.18. The van der Waals surface area contributed by atoms with Crippen molar-refractivity contribution in [3.05, 3.63) is 0 Å². The van der Waals surface area contributed by atoms with E-state index in [4.69, 9.17) is 20.6 Å². The third-order valence-electron chi connectivity index (χ3n) is 1.20. The molecule has 0 rings (SSSR count). The van der Waals surface area contributed by atoms with Crippen molar-refractivity contribution in [3.63, 3.8) is 0 Å². The minimum atomic E-state index is -1.60. The van der Waals surface area contributed by atoms with E-state index in [1.807, 2.05) is 0 Å². The topological polar surface area (TPSA) is 118 Å². The molecular weight excluding hydrogens is 170 g/mol. The van der Waals surface area contributed by atoms with Crippen LogP contribution >= 0.6 is 0 Å². The first-order chi connectivity index (χ1) is 5.45. The molecule has 0 spiro atoms. The Bertz CT molecular complexity index is 179. The fraction of sp³-hybridized carbons (Fsp3) is 0.600. The van der Waals surface area contributed by atoms with E-state index in [2.05, 4.69) is 0 Å². The summed E-state index contributed by atoms with van der Waals surface area (Å²) in [5.41, 5.74) is 0. The van der Waals surface area contributed by atoms with Gasteiger partial charge < -0.3 is 10.2 Å². The average molecular weight is 179 g/mol. The van der Waals surface area contributed by atoms with Gasteiger partial charge >= 0.3 is 11.9 Å². The highest BCUT2D eigenvalue weighted by Crippen LogP contribution is 2.02. The predicted molar refractivity (Wildman–Crippen MR) is 33.7 cm³/mol. The molecule has 7 heteroatoms. The number of hydroxylamine groups is 2. The highest BCUT2D eigenvalue weighted by atomic mass is 16.8. The summed E-state index contributed by atoms with van der Waals surface area (Å²) in [6.07, 6.45) is -0.799. The van der Waals surface area contributed by atoms with Crippen molar-refractivity contribution in [2.45, 2.75) is 18.9 Å². The number of hydrogen-bond donors (Lipinski definition) is 4. The molecule has 1 atom stereocenters. The van der Waals surface area contributed by atoms with Gasteiger partial charge in [0.15, 0.2) is 6.04 Å². The average Bonchev–Trinajstić information content (AvgIpc) is 1.84. The molecule has 0 aromatic rings. The van der Waals surface area contributed by atoms with Gasteiger partial charge in [0.25, 0.3) is 0 Å². The van der Waals surface area contributed by atoms with Crippen LogP contribution in [0.4, 0.5) is 0 Å². The van der Waals surface area contributed by atoms with Crippen molar-refractivity contribution in [3.8, 4) is 0 Å². The van der Waals surface area contributed by atoms with Gasteiger partial charge in [-0.1, -0.05) is 5.23 Å². The maximum atomic E-state index is 10.2. The van der Waals surface area contributed by atoms with Crippen LogP contribution in [0.1, 0.15) is 12.8 Å². The quantitative estimate of drug-likeness (QED) is 0.415. The zero-order valence-electron chi connectivity index (χ0n) is 6.04. The van der Waals surface area contributed by atoms with Crippen LogP contribution in [-0.2, 0) is 9.59 Å². The number of nitrogens with zero attached hydrogens (tertiary/aromatic N) is 1. The van der Waals surface area contributed by atoms with Crippen molar-refractivity contribution in [1.29, 1.82) is 0 Å². The Morgan fingerprint density at radius 1 is 1.25 bits per heavy atom. The summed E-state index contributed by atoms with van der Waals surface area (Å²) in [7, 11) is 0. The Morgan fingerprint density at radius 3 is 2.00 bits per heavy atom. The van der Waals surface area contributed by atoms with Gasteiger partial charge in [0.1, 0.15) is 0 Å². The first kappa shape index (κ1) is 10.8. The van der Waals surface area contributed by atoms with E-state index >= 15 is 0 Å². The van der Waals surface area contributed by atoms with Crippen LogP contribution in [0.25, 0.3) is 0 Å². The van der Waals surface area contributed by atoms with E-state index in [0.717, 1.165) is 0 Å². The van der Waals surface area contributed by atoms with Gasteiger partial charge in [-0.3, -0.25) is 20.0 Å². The first-order valence-corrected chi connectivity index (χ1v) is 3.06. The minimum absolute atomic E-state index is 0.363. The molecule has 0 unspecified atom stereocenters. The molecule has 7 nitrogen and oxygen atoms in total. The largest absolute Gasteiger partial charge is 0.481 e. The fourth-order valence-electron chi connectivity index (χ4n) is 0.598. The van der Waals surface area contributed by atoms with E-state index in [1.54, 1.807) is 0 Å². The number of aliphatic carboxylic acids is 2. The summed E-state index contributed by atoms with van der Waals surface area (Å²) in [6.45, 7) is 0. The monoisotopic (exact) mass is 179 g/mol. The maximum Gasteiger partial charge on any atom is 0.325 e. The Balaban J connectivity index is 3.97. The SMILES string of the molecule is O=C(O)CC[C@H](C(=O)O)N(O)O. The molecule has 12 heavy (non-hydrogen) atoms. The van der Waals surface area contributed by atoms with E-state index < -0.39 is 29.6 Å². The predicted octanol–water partition coefficient (Wildman–Crippen LogP) is -0.615. The maximum absolute atomic E-state index is 10.2. The van der Waals surface area contributed by atoms with Crippen LogP contribution in [0.3, 0.4) is 0 Å². The van der Waals surface area contributed by atoms with Crippen molar-refractivity contribution in [1.82, 2.24) is 5.23 Å². The summed E-state index contributed by atoms with van der Waals surface area (Å²) in [6, 6.07) is -1.60. The summed E-state index contributed by atoms with van der Waals surface area (Å²) in [4.78, 5) is 20.2. The van der Waals surface area contributed by atoms with E-state index in [9.17, 15) is 9.59 Å². The lowest BCUT2D eigenvalue weighted by Gasteiger charge is -2.14. The van der Waals surface area contributed by atoms with Crippen LogP contribution in [0.5, 0.6) is 0 Å². The lowest BCUT2D eigenvalue weighted by molar-refractivity contribution is -0.328. The van der Waals surface area contributed by atoms with Crippen LogP contribution < -0.4 is 0 Å². The highest BCUT2D eigenvalue weighted by Gasteiger charge is 2.23. The number of carbonyl (C=O) groups is 2. The summed E-state index contributed by atoms with van der Waals surface area (Å²) in [5, 5.41) is 32.6. The first-order valence-electron chi connectivity index (χ1n) is 3.06. The normalized spacial score (nSPS) is 12.9. The molecule has 0 amide bonds. The van der Waals surface area contributed by atoms with Gasteiger partial charge in [0.2, 0.25) is 0 Å². The Morgan fingerprint density at radius 2 is 1.75 bits per heavy atom. The van der Waals surface area contributed by atoms with E-state index in [1.165, 1.54) is 0 Å². The van der Waals surface area contributed by atoms with Gasteiger partial charge in [-0.05, 0) is 6.42 Å². The molecule has 0 aliphatic rings. The van der Waals surface area contributed by atoms with Gasteiger partial charge in [-0.15, -0.1) is 0 Å².